The van der Waals surface area contributed by atoms with Crippen molar-refractivity contribution < 1.29 is 23.2 Å². The fourth-order valence-corrected chi connectivity index (χ4v) is 3.85. The van der Waals surface area contributed by atoms with Gasteiger partial charge >= 0.3 is 11.9 Å². The Morgan fingerprint density at radius 3 is 2.42 bits per heavy atom. The van der Waals surface area contributed by atoms with Crippen LogP contribution in [-0.2, 0) is 6.18 Å². The number of hydrogen-bond acceptors (Lipinski definition) is 5. The smallest absolute Gasteiger partial charge is 0.389 e. The van der Waals surface area contributed by atoms with E-state index in [0.29, 0.717) is 19.4 Å². The van der Waals surface area contributed by atoms with Crippen LogP contribution in [0.5, 0.6) is 0 Å². The highest BCUT2D eigenvalue weighted by Crippen LogP contribution is 2.54. The summed E-state index contributed by atoms with van der Waals surface area (Å²) in [5, 5.41) is 24.0. The summed E-state index contributed by atoms with van der Waals surface area (Å²) in [5.41, 5.74) is -3.18. The van der Waals surface area contributed by atoms with E-state index in [1.165, 1.54) is 0 Å². The molecule has 1 spiro atoms. The molecule has 0 aromatic carbocycles. The molecule has 1 aromatic heterocycles. The Labute approximate surface area is 136 Å². The molecule has 2 fully saturated rings. The highest BCUT2D eigenvalue weighted by Gasteiger charge is 2.54. The molecule has 1 saturated carbocycles. The minimum atomic E-state index is -4.84. The van der Waals surface area contributed by atoms with Crippen LogP contribution in [0, 0.1) is 15.5 Å². The first-order valence-electron chi connectivity index (χ1n) is 7.64. The van der Waals surface area contributed by atoms with Crippen molar-refractivity contribution in [3.05, 3.63) is 22.0 Å². The molecule has 1 saturated heterocycles. The zero-order valence-electron chi connectivity index (χ0n) is 13.4. The summed E-state index contributed by atoms with van der Waals surface area (Å²) >= 11 is 0. The SMILES string of the molecule is CC(C)(O)CN1CC2(CC(n3cc([N+](=O)[O-])c(C(F)(F)F)n3)C2)C1. The molecule has 2 aliphatic rings. The summed E-state index contributed by atoms with van der Waals surface area (Å²) < 4.78 is 39.6. The molecule has 0 atom stereocenters. The van der Waals surface area contributed by atoms with Crippen LogP contribution in [0.2, 0.25) is 0 Å². The van der Waals surface area contributed by atoms with Gasteiger partial charge in [-0.05, 0) is 32.1 Å². The number of aromatic nitrogens is 2. The van der Waals surface area contributed by atoms with Gasteiger partial charge in [0.1, 0.15) is 6.20 Å². The maximum atomic E-state index is 12.8. The van der Waals surface area contributed by atoms with E-state index < -0.39 is 28.1 Å². The molecule has 2 heterocycles. The second-order valence-corrected chi connectivity index (χ2v) is 7.62. The first-order valence-corrected chi connectivity index (χ1v) is 7.64. The molecule has 3 rings (SSSR count). The number of alkyl halides is 3. The molecule has 0 bridgehead atoms. The first kappa shape index (κ1) is 17.2. The van der Waals surface area contributed by atoms with Gasteiger partial charge in [0.15, 0.2) is 0 Å². The van der Waals surface area contributed by atoms with Crippen molar-refractivity contribution in [1.82, 2.24) is 14.7 Å². The second-order valence-electron chi connectivity index (χ2n) is 7.62. The number of halogens is 3. The standard InChI is InChI=1S/C14H19F3N4O3/c1-12(2,22)6-19-7-13(8-19)3-9(4-13)20-5-10(21(23)24)11(18-20)14(15,16)17/h5,9,22H,3-4,6-8H2,1-2H3. The minimum Gasteiger partial charge on any atom is -0.389 e. The Morgan fingerprint density at radius 2 is 2.00 bits per heavy atom. The van der Waals surface area contributed by atoms with Gasteiger partial charge in [0.2, 0.25) is 5.69 Å². The molecule has 1 aliphatic heterocycles. The number of nitro groups is 1. The van der Waals surface area contributed by atoms with Crippen LogP contribution < -0.4 is 0 Å². The van der Waals surface area contributed by atoms with Crippen molar-refractivity contribution >= 4 is 5.69 Å². The van der Waals surface area contributed by atoms with E-state index in [0.717, 1.165) is 24.0 Å². The number of likely N-dealkylation sites (tertiary alicyclic amines) is 1. The van der Waals surface area contributed by atoms with E-state index in [4.69, 9.17) is 0 Å². The van der Waals surface area contributed by atoms with E-state index in [1.807, 2.05) is 0 Å². The van der Waals surface area contributed by atoms with Crippen molar-refractivity contribution in [1.29, 1.82) is 0 Å². The van der Waals surface area contributed by atoms with Crippen molar-refractivity contribution in [2.45, 2.75) is 44.5 Å². The summed E-state index contributed by atoms with van der Waals surface area (Å²) in [4.78, 5) is 11.9. The Kier molecular flexibility index (Phi) is 3.69. The van der Waals surface area contributed by atoms with Crippen LogP contribution in [0.25, 0.3) is 0 Å². The lowest BCUT2D eigenvalue weighted by atomic mass is 9.60. The van der Waals surface area contributed by atoms with Gasteiger partial charge in [-0.15, -0.1) is 0 Å². The average molecular weight is 348 g/mol. The first-order chi connectivity index (χ1) is 10.9. The minimum absolute atomic E-state index is 0.0367. The zero-order valence-corrected chi connectivity index (χ0v) is 13.4. The lowest BCUT2D eigenvalue weighted by Crippen LogP contribution is -2.64. The van der Waals surface area contributed by atoms with Gasteiger partial charge in [0.05, 0.1) is 16.6 Å². The lowest BCUT2D eigenvalue weighted by molar-refractivity contribution is -0.388. The molecular weight excluding hydrogens is 329 g/mol. The molecular formula is C14H19F3N4O3. The number of rotatable bonds is 4. The number of β-amino-alcohol motifs (C(OH)–C–C–N with tert-alkyl or cyclic N) is 1. The highest BCUT2D eigenvalue weighted by molar-refractivity contribution is 5.35. The zero-order chi connectivity index (χ0) is 17.9. The van der Waals surface area contributed by atoms with Crippen molar-refractivity contribution in [2.24, 2.45) is 5.41 Å². The maximum absolute atomic E-state index is 12.8. The van der Waals surface area contributed by atoms with Gasteiger partial charge in [-0.3, -0.25) is 19.7 Å². The molecule has 1 N–H and O–H groups in total. The van der Waals surface area contributed by atoms with E-state index >= 15 is 0 Å². The van der Waals surface area contributed by atoms with Crippen molar-refractivity contribution in [2.75, 3.05) is 19.6 Å². The second kappa shape index (κ2) is 5.16. The molecule has 0 amide bonds. The number of hydrogen-bond donors (Lipinski definition) is 1. The monoisotopic (exact) mass is 348 g/mol. The fraction of sp³-hybridized carbons (Fsp3) is 0.786. The van der Waals surface area contributed by atoms with E-state index in [9.17, 15) is 28.4 Å². The molecule has 24 heavy (non-hydrogen) atoms. The Morgan fingerprint density at radius 1 is 1.42 bits per heavy atom. The van der Waals surface area contributed by atoms with Crippen LogP contribution in [0.4, 0.5) is 18.9 Å². The third kappa shape index (κ3) is 3.12. The van der Waals surface area contributed by atoms with Gasteiger partial charge in [-0.25, -0.2) is 0 Å². The summed E-state index contributed by atoms with van der Waals surface area (Å²) in [6.07, 6.45) is -2.67. The molecule has 10 heteroatoms. The van der Waals surface area contributed by atoms with Crippen LogP contribution in [0.1, 0.15) is 38.4 Å². The van der Waals surface area contributed by atoms with E-state index in [2.05, 4.69) is 10.00 Å². The molecule has 1 aromatic rings. The van der Waals surface area contributed by atoms with Crippen molar-refractivity contribution in [3.63, 3.8) is 0 Å². The van der Waals surface area contributed by atoms with Gasteiger partial charge in [0.25, 0.3) is 0 Å². The topological polar surface area (TPSA) is 84.4 Å². The maximum Gasteiger partial charge on any atom is 0.442 e. The largest absolute Gasteiger partial charge is 0.442 e. The van der Waals surface area contributed by atoms with Gasteiger partial charge in [-0.1, -0.05) is 0 Å². The van der Waals surface area contributed by atoms with E-state index in [1.54, 1.807) is 13.8 Å². The van der Waals surface area contributed by atoms with Crippen LogP contribution >= 0.6 is 0 Å². The third-order valence-corrected chi connectivity index (χ3v) is 4.62. The van der Waals surface area contributed by atoms with Crippen molar-refractivity contribution in [3.8, 4) is 0 Å². The number of nitrogens with zero attached hydrogens (tertiary/aromatic N) is 4. The van der Waals surface area contributed by atoms with Crippen LogP contribution in [0.3, 0.4) is 0 Å². The van der Waals surface area contributed by atoms with Crippen LogP contribution in [0.15, 0.2) is 6.20 Å². The molecule has 134 valence electrons. The third-order valence-electron chi connectivity index (χ3n) is 4.62. The summed E-state index contributed by atoms with van der Waals surface area (Å²) in [6, 6.07) is -0.246. The highest BCUT2D eigenvalue weighted by atomic mass is 19.4. The fourth-order valence-electron chi connectivity index (χ4n) is 3.85. The molecule has 0 unspecified atom stereocenters. The van der Waals surface area contributed by atoms with Gasteiger partial charge in [-0.2, -0.15) is 18.3 Å². The Hall–Kier alpha value is -1.68. The summed E-state index contributed by atoms with van der Waals surface area (Å²) in [5.74, 6) is 0. The van der Waals surface area contributed by atoms with Gasteiger partial charge < -0.3 is 5.11 Å². The molecule has 0 radical (unpaired) electrons. The lowest BCUT2D eigenvalue weighted by Gasteiger charge is -2.59. The Balaban J connectivity index is 1.64. The summed E-state index contributed by atoms with van der Waals surface area (Å²) in [6.45, 7) is 5.56. The predicted molar refractivity (Wildman–Crippen MR) is 77.3 cm³/mol. The van der Waals surface area contributed by atoms with Crippen LogP contribution in [-0.4, -0.2) is 49.9 Å². The summed E-state index contributed by atoms with van der Waals surface area (Å²) in [7, 11) is 0. The Bertz CT molecular complexity index is 651. The quantitative estimate of drug-likeness (QED) is 0.666. The average Bonchev–Trinajstić information content (AvgIpc) is 2.73. The van der Waals surface area contributed by atoms with E-state index in [-0.39, 0.29) is 11.5 Å². The predicted octanol–water partition coefficient (Wildman–Crippen LogP) is 2.22. The van der Waals surface area contributed by atoms with Gasteiger partial charge in [0, 0.05) is 19.6 Å². The number of aliphatic hydroxyl groups is 1. The molecule has 7 nitrogen and oxygen atoms in total. The molecule has 1 aliphatic carbocycles. The normalized spacial score (nSPS) is 21.6.